The monoisotopic (exact) mass is 410 g/mol. The van der Waals surface area contributed by atoms with Crippen LogP contribution in [0.25, 0.3) is 11.0 Å². The van der Waals surface area contributed by atoms with Gasteiger partial charge >= 0.3 is 0 Å². The summed E-state index contributed by atoms with van der Waals surface area (Å²) in [5.41, 5.74) is 2.66. The molecule has 0 saturated carbocycles. The smallest absolute Gasteiger partial charge is 0.247 e. The van der Waals surface area contributed by atoms with E-state index in [2.05, 4.69) is 36.7 Å². The number of amides is 1. The van der Waals surface area contributed by atoms with Crippen molar-refractivity contribution in [3.8, 4) is 0 Å². The second-order valence-electron chi connectivity index (χ2n) is 5.75. The molecule has 2 heterocycles. The van der Waals surface area contributed by atoms with Crippen LogP contribution in [0.5, 0.6) is 0 Å². The number of anilines is 1. The van der Waals surface area contributed by atoms with Crippen molar-refractivity contribution in [1.82, 2.24) is 24.8 Å². The molecule has 7 nitrogen and oxygen atoms in total. The van der Waals surface area contributed by atoms with Crippen LogP contribution in [-0.2, 0) is 17.9 Å². The first kappa shape index (κ1) is 16.5. The maximum Gasteiger partial charge on any atom is 0.247 e. The Balaban J connectivity index is 1.49. The molecular formula is C18H15BrN6O. The van der Waals surface area contributed by atoms with Crippen LogP contribution in [-0.4, -0.2) is 30.7 Å². The Kier molecular flexibility index (Phi) is 4.49. The maximum atomic E-state index is 12.4. The number of halogens is 1. The van der Waals surface area contributed by atoms with Gasteiger partial charge in [0.25, 0.3) is 0 Å². The number of para-hydroxylation sites is 1. The van der Waals surface area contributed by atoms with E-state index in [0.29, 0.717) is 12.4 Å². The standard InChI is InChI=1S/C18H15BrN6O/c19-14-6-2-1-5-13(14)11-25-17(9-10-20-25)21-18(26)12-24-16-8-4-3-7-15(16)22-23-24/h1-10H,11-12H2,(H,21,26). The summed E-state index contributed by atoms with van der Waals surface area (Å²) in [4.78, 5) is 12.4. The van der Waals surface area contributed by atoms with Crippen LogP contribution in [0.4, 0.5) is 5.82 Å². The Labute approximate surface area is 157 Å². The molecule has 0 spiro atoms. The third kappa shape index (κ3) is 3.36. The Morgan fingerprint density at radius 2 is 1.85 bits per heavy atom. The lowest BCUT2D eigenvalue weighted by atomic mass is 10.2. The number of carbonyl (C=O) groups is 1. The molecule has 1 N–H and O–H groups in total. The van der Waals surface area contributed by atoms with E-state index in [1.165, 1.54) is 0 Å². The summed E-state index contributed by atoms with van der Waals surface area (Å²) in [5.74, 6) is 0.449. The van der Waals surface area contributed by atoms with Gasteiger partial charge in [0.05, 0.1) is 18.3 Å². The first-order chi connectivity index (χ1) is 12.7. The number of hydrogen-bond donors (Lipinski definition) is 1. The zero-order valence-electron chi connectivity index (χ0n) is 13.7. The van der Waals surface area contributed by atoms with Crippen LogP contribution in [0.15, 0.2) is 65.3 Å². The van der Waals surface area contributed by atoms with Crippen molar-refractivity contribution in [1.29, 1.82) is 0 Å². The van der Waals surface area contributed by atoms with Gasteiger partial charge in [-0.15, -0.1) is 5.10 Å². The number of nitrogens with one attached hydrogen (secondary N) is 1. The number of carbonyl (C=O) groups excluding carboxylic acids is 1. The number of fused-ring (bicyclic) bond motifs is 1. The predicted molar refractivity (Wildman–Crippen MR) is 102 cm³/mol. The van der Waals surface area contributed by atoms with Gasteiger partial charge in [-0.2, -0.15) is 5.10 Å². The summed E-state index contributed by atoms with van der Waals surface area (Å²) in [6, 6.07) is 17.2. The van der Waals surface area contributed by atoms with E-state index in [4.69, 9.17) is 0 Å². The minimum Gasteiger partial charge on any atom is -0.309 e. The van der Waals surface area contributed by atoms with E-state index in [1.807, 2.05) is 48.5 Å². The molecule has 0 saturated heterocycles. The lowest BCUT2D eigenvalue weighted by Crippen LogP contribution is -2.21. The molecule has 0 aliphatic heterocycles. The topological polar surface area (TPSA) is 77.6 Å². The van der Waals surface area contributed by atoms with Crippen LogP contribution in [0.3, 0.4) is 0 Å². The molecule has 8 heteroatoms. The SMILES string of the molecule is O=C(Cn1nnc2ccccc21)Nc1ccnn1Cc1ccccc1Br. The zero-order chi connectivity index (χ0) is 17.9. The maximum absolute atomic E-state index is 12.4. The van der Waals surface area contributed by atoms with Crippen LogP contribution in [0.1, 0.15) is 5.56 Å². The Hall–Kier alpha value is -3.00. The quantitative estimate of drug-likeness (QED) is 0.548. The van der Waals surface area contributed by atoms with E-state index in [9.17, 15) is 4.79 Å². The van der Waals surface area contributed by atoms with E-state index >= 15 is 0 Å². The van der Waals surface area contributed by atoms with Crippen LogP contribution >= 0.6 is 15.9 Å². The second kappa shape index (κ2) is 7.09. The molecule has 1 amide bonds. The molecule has 0 unspecified atom stereocenters. The average Bonchev–Trinajstić information content (AvgIpc) is 3.24. The Bertz CT molecular complexity index is 1070. The molecule has 0 atom stereocenters. The Morgan fingerprint density at radius 3 is 2.73 bits per heavy atom. The molecule has 0 radical (unpaired) electrons. The molecule has 2 aromatic heterocycles. The molecule has 0 fully saturated rings. The third-order valence-corrected chi connectivity index (χ3v) is 4.75. The van der Waals surface area contributed by atoms with Crippen molar-refractivity contribution in [2.45, 2.75) is 13.1 Å². The number of hydrogen-bond acceptors (Lipinski definition) is 4. The number of aromatic nitrogens is 5. The van der Waals surface area contributed by atoms with Gasteiger partial charge in [0.1, 0.15) is 17.9 Å². The highest BCUT2D eigenvalue weighted by Crippen LogP contribution is 2.19. The fraction of sp³-hybridized carbons (Fsp3) is 0.111. The fourth-order valence-electron chi connectivity index (χ4n) is 2.71. The summed E-state index contributed by atoms with van der Waals surface area (Å²) < 4.78 is 4.33. The van der Waals surface area contributed by atoms with Gasteiger partial charge in [-0.1, -0.05) is 51.5 Å². The first-order valence-electron chi connectivity index (χ1n) is 8.04. The fourth-order valence-corrected chi connectivity index (χ4v) is 3.12. The summed E-state index contributed by atoms with van der Waals surface area (Å²) in [7, 11) is 0. The van der Waals surface area contributed by atoms with Gasteiger partial charge in [-0.3, -0.25) is 4.79 Å². The zero-order valence-corrected chi connectivity index (χ0v) is 15.3. The van der Waals surface area contributed by atoms with Crippen molar-refractivity contribution in [2.75, 3.05) is 5.32 Å². The molecule has 4 aromatic rings. The minimum absolute atomic E-state index is 0.0841. The van der Waals surface area contributed by atoms with Gasteiger partial charge in [0, 0.05) is 10.5 Å². The molecular weight excluding hydrogens is 396 g/mol. The van der Waals surface area contributed by atoms with Crippen molar-refractivity contribution in [2.24, 2.45) is 0 Å². The molecule has 2 aromatic carbocycles. The summed E-state index contributed by atoms with van der Waals surface area (Å²) in [5, 5.41) is 15.3. The number of rotatable bonds is 5. The molecule has 0 aliphatic carbocycles. The summed E-state index contributed by atoms with van der Waals surface area (Å²) >= 11 is 3.53. The van der Waals surface area contributed by atoms with E-state index in [1.54, 1.807) is 21.6 Å². The lowest BCUT2D eigenvalue weighted by Gasteiger charge is -2.10. The van der Waals surface area contributed by atoms with Gasteiger partial charge in [0.2, 0.25) is 5.91 Å². The van der Waals surface area contributed by atoms with Gasteiger partial charge in [-0.05, 0) is 23.8 Å². The second-order valence-corrected chi connectivity index (χ2v) is 6.60. The van der Waals surface area contributed by atoms with Gasteiger partial charge in [0.15, 0.2) is 0 Å². The van der Waals surface area contributed by atoms with E-state index < -0.39 is 0 Å². The highest BCUT2D eigenvalue weighted by molar-refractivity contribution is 9.10. The third-order valence-electron chi connectivity index (χ3n) is 3.98. The van der Waals surface area contributed by atoms with E-state index in [0.717, 1.165) is 21.1 Å². The minimum atomic E-state index is -0.186. The predicted octanol–water partition coefficient (Wildman–Crippen LogP) is 3.08. The van der Waals surface area contributed by atoms with Crippen molar-refractivity contribution in [3.05, 3.63) is 70.8 Å². The average molecular weight is 411 g/mol. The van der Waals surface area contributed by atoms with Crippen molar-refractivity contribution >= 4 is 38.7 Å². The summed E-state index contributed by atoms with van der Waals surface area (Å²) in [6.07, 6.45) is 1.66. The van der Waals surface area contributed by atoms with Gasteiger partial charge in [-0.25, -0.2) is 9.36 Å². The highest BCUT2D eigenvalue weighted by atomic mass is 79.9. The highest BCUT2D eigenvalue weighted by Gasteiger charge is 2.12. The van der Waals surface area contributed by atoms with Gasteiger partial charge < -0.3 is 5.32 Å². The lowest BCUT2D eigenvalue weighted by molar-refractivity contribution is -0.116. The molecule has 130 valence electrons. The van der Waals surface area contributed by atoms with Crippen molar-refractivity contribution < 1.29 is 4.79 Å². The normalized spacial score (nSPS) is 11.0. The van der Waals surface area contributed by atoms with Crippen molar-refractivity contribution in [3.63, 3.8) is 0 Å². The van der Waals surface area contributed by atoms with Crippen LogP contribution in [0, 0.1) is 0 Å². The largest absolute Gasteiger partial charge is 0.309 e. The van der Waals surface area contributed by atoms with Crippen LogP contribution < -0.4 is 5.32 Å². The molecule has 0 aliphatic rings. The van der Waals surface area contributed by atoms with Crippen LogP contribution in [0.2, 0.25) is 0 Å². The number of benzene rings is 2. The molecule has 26 heavy (non-hydrogen) atoms. The summed E-state index contributed by atoms with van der Waals surface area (Å²) in [6.45, 7) is 0.636. The first-order valence-corrected chi connectivity index (χ1v) is 8.83. The number of nitrogens with zero attached hydrogens (tertiary/aromatic N) is 5. The van der Waals surface area contributed by atoms with E-state index in [-0.39, 0.29) is 12.5 Å². The Morgan fingerprint density at radius 1 is 1.04 bits per heavy atom. The molecule has 0 bridgehead atoms. The molecule has 4 rings (SSSR count).